The Hall–Kier alpha value is -0.860. The number of hydrogen-bond donors (Lipinski definition) is 1. The second kappa shape index (κ2) is 5.13. The number of carbonyl (C=O) groups is 2. The van der Waals surface area contributed by atoms with Crippen molar-refractivity contribution in [3.63, 3.8) is 0 Å². The molecule has 0 fully saturated rings. The van der Waals surface area contributed by atoms with Gasteiger partial charge >= 0.3 is 0 Å². The fraction of sp³-hybridized carbons (Fsp3) is 0.818. The van der Waals surface area contributed by atoms with Crippen LogP contribution in [0.25, 0.3) is 0 Å². The van der Waals surface area contributed by atoms with E-state index in [4.69, 9.17) is 5.73 Å². The van der Waals surface area contributed by atoms with Crippen LogP contribution in [0.3, 0.4) is 0 Å². The lowest BCUT2D eigenvalue weighted by Crippen LogP contribution is -2.22. The normalized spacial score (nSPS) is 13.7. The smallest absolute Gasteiger partial charge is 0.217 e. The number of ketones is 1. The Morgan fingerprint density at radius 3 is 2.21 bits per heavy atom. The van der Waals surface area contributed by atoms with Crippen molar-refractivity contribution in [3.8, 4) is 0 Å². The van der Waals surface area contributed by atoms with Crippen molar-refractivity contribution in [1.82, 2.24) is 0 Å². The van der Waals surface area contributed by atoms with Gasteiger partial charge in [0.2, 0.25) is 5.91 Å². The number of amides is 1. The predicted molar refractivity (Wildman–Crippen MR) is 56.7 cm³/mol. The first-order valence-corrected chi connectivity index (χ1v) is 5.00. The van der Waals surface area contributed by atoms with E-state index in [2.05, 4.69) is 0 Å². The van der Waals surface area contributed by atoms with E-state index in [9.17, 15) is 9.59 Å². The van der Waals surface area contributed by atoms with Crippen LogP contribution in [0.15, 0.2) is 0 Å². The van der Waals surface area contributed by atoms with Crippen LogP contribution in [-0.2, 0) is 9.59 Å². The van der Waals surface area contributed by atoms with Crippen LogP contribution in [0.5, 0.6) is 0 Å². The third-order valence-electron chi connectivity index (χ3n) is 2.18. The molecule has 2 N–H and O–H groups in total. The van der Waals surface area contributed by atoms with Gasteiger partial charge in [-0.3, -0.25) is 4.79 Å². The van der Waals surface area contributed by atoms with E-state index in [1.165, 1.54) is 0 Å². The third-order valence-corrected chi connectivity index (χ3v) is 2.18. The molecule has 0 saturated carbocycles. The van der Waals surface area contributed by atoms with Crippen molar-refractivity contribution in [2.75, 3.05) is 0 Å². The van der Waals surface area contributed by atoms with E-state index in [-0.39, 0.29) is 23.0 Å². The maximum atomic E-state index is 11.0. The van der Waals surface area contributed by atoms with Crippen LogP contribution in [0, 0.1) is 11.3 Å². The molecule has 0 aromatic carbocycles. The van der Waals surface area contributed by atoms with Crippen LogP contribution in [0.1, 0.15) is 47.0 Å². The summed E-state index contributed by atoms with van der Waals surface area (Å²) in [5, 5.41) is 0. The molecular formula is C11H21NO2. The van der Waals surface area contributed by atoms with Crippen LogP contribution < -0.4 is 5.73 Å². The lowest BCUT2D eigenvalue weighted by molar-refractivity contribution is -0.119. The van der Waals surface area contributed by atoms with Crippen molar-refractivity contribution < 1.29 is 9.59 Å². The van der Waals surface area contributed by atoms with Crippen molar-refractivity contribution in [3.05, 3.63) is 0 Å². The topological polar surface area (TPSA) is 60.2 Å². The summed E-state index contributed by atoms with van der Waals surface area (Å²) >= 11 is 0. The van der Waals surface area contributed by atoms with Gasteiger partial charge in [-0.1, -0.05) is 20.8 Å². The molecule has 0 unspecified atom stereocenters. The molecule has 0 aliphatic rings. The first-order chi connectivity index (χ1) is 6.23. The number of primary amides is 1. The van der Waals surface area contributed by atoms with Gasteiger partial charge in [0, 0.05) is 12.8 Å². The zero-order chi connectivity index (χ0) is 11.4. The zero-order valence-corrected chi connectivity index (χ0v) is 9.59. The molecule has 0 aromatic rings. The molecule has 1 atom stereocenters. The van der Waals surface area contributed by atoms with Gasteiger partial charge in [-0.05, 0) is 24.7 Å². The number of carbonyl (C=O) groups excluding carboxylic acids is 2. The summed E-state index contributed by atoms with van der Waals surface area (Å²) in [6.45, 7) is 7.69. The molecule has 0 radical (unpaired) electrons. The molecule has 0 aliphatic heterocycles. The SMILES string of the molecule is CC(=O)CC(C)(C)C[C@H](C)CC(N)=O. The highest BCUT2D eigenvalue weighted by Gasteiger charge is 2.23. The highest BCUT2D eigenvalue weighted by Crippen LogP contribution is 2.30. The third kappa shape index (κ3) is 6.63. The monoisotopic (exact) mass is 199 g/mol. The molecule has 3 nitrogen and oxygen atoms in total. The van der Waals surface area contributed by atoms with Gasteiger partial charge in [0.25, 0.3) is 0 Å². The average molecular weight is 199 g/mol. The van der Waals surface area contributed by atoms with Gasteiger partial charge in [0.1, 0.15) is 5.78 Å². The Morgan fingerprint density at radius 2 is 1.86 bits per heavy atom. The Morgan fingerprint density at radius 1 is 1.36 bits per heavy atom. The molecule has 14 heavy (non-hydrogen) atoms. The largest absolute Gasteiger partial charge is 0.370 e. The molecule has 3 heteroatoms. The lowest BCUT2D eigenvalue weighted by Gasteiger charge is -2.26. The minimum absolute atomic E-state index is 0.0271. The maximum absolute atomic E-state index is 11.0. The Labute approximate surface area is 86.1 Å². The standard InChI is InChI=1S/C11H21NO2/c1-8(5-10(12)14)6-11(3,4)7-9(2)13/h8H,5-7H2,1-4H3,(H2,12,14)/t8-/m1/s1. The Kier molecular flexibility index (Phi) is 4.81. The Bertz CT molecular complexity index is 221. The van der Waals surface area contributed by atoms with Gasteiger partial charge in [-0.25, -0.2) is 0 Å². The summed E-state index contributed by atoms with van der Waals surface area (Å²) in [6.07, 6.45) is 1.83. The van der Waals surface area contributed by atoms with Gasteiger partial charge in [0.15, 0.2) is 0 Å². The molecule has 0 aromatic heterocycles. The van der Waals surface area contributed by atoms with E-state index in [1.54, 1.807) is 6.92 Å². The first kappa shape index (κ1) is 13.1. The summed E-state index contributed by atoms with van der Waals surface area (Å²) in [5.41, 5.74) is 5.08. The van der Waals surface area contributed by atoms with Gasteiger partial charge in [-0.2, -0.15) is 0 Å². The molecule has 82 valence electrons. The highest BCUT2D eigenvalue weighted by atomic mass is 16.1. The van der Waals surface area contributed by atoms with E-state index >= 15 is 0 Å². The van der Waals surface area contributed by atoms with Crippen molar-refractivity contribution in [1.29, 1.82) is 0 Å². The zero-order valence-electron chi connectivity index (χ0n) is 9.59. The second-order valence-corrected chi connectivity index (χ2v) is 5.02. The van der Waals surface area contributed by atoms with E-state index in [0.29, 0.717) is 12.8 Å². The fourth-order valence-electron chi connectivity index (χ4n) is 2.11. The number of nitrogens with two attached hydrogens (primary N) is 1. The lowest BCUT2D eigenvalue weighted by atomic mass is 9.78. The molecule has 0 bridgehead atoms. The van der Waals surface area contributed by atoms with Crippen molar-refractivity contribution in [2.45, 2.75) is 47.0 Å². The van der Waals surface area contributed by atoms with Gasteiger partial charge in [-0.15, -0.1) is 0 Å². The number of Topliss-reactive ketones (excluding diaryl/α,β-unsaturated/α-hetero) is 1. The minimum atomic E-state index is -0.267. The molecule has 0 spiro atoms. The van der Waals surface area contributed by atoms with Crippen LogP contribution in [0.4, 0.5) is 0 Å². The molecular weight excluding hydrogens is 178 g/mol. The van der Waals surface area contributed by atoms with Crippen LogP contribution in [0.2, 0.25) is 0 Å². The van der Waals surface area contributed by atoms with E-state index in [0.717, 1.165) is 6.42 Å². The van der Waals surface area contributed by atoms with Gasteiger partial charge in [0.05, 0.1) is 0 Å². The summed E-state index contributed by atoms with van der Waals surface area (Å²) in [4.78, 5) is 21.6. The van der Waals surface area contributed by atoms with E-state index in [1.807, 2.05) is 20.8 Å². The summed E-state index contributed by atoms with van der Waals surface area (Å²) < 4.78 is 0. The first-order valence-electron chi connectivity index (χ1n) is 5.00. The quantitative estimate of drug-likeness (QED) is 0.710. The van der Waals surface area contributed by atoms with Crippen LogP contribution in [-0.4, -0.2) is 11.7 Å². The number of hydrogen-bond acceptors (Lipinski definition) is 2. The van der Waals surface area contributed by atoms with Crippen LogP contribution >= 0.6 is 0 Å². The molecule has 0 rings (SSSR count). The second-order valence-electron chi connectivity index (χ2n) is 5.02. The highest BCUT2D eigenvalue weighted by molar-refractivity contribution is 5.76. The maximum Gasteiger partial charge on any atom is 0.217 e. The molecule has 0 aliphatic carbocycles. The number of rotatable bonds is 6. The summed E-state index contributed by atoms with van der Waals surface area (Å²) in [7, 11) is 0. The van der Waals surface area contributed by atoms with Crippen molar-refractivity contribution >= 4 is 11.7 Å². The molecule has 1 amide bonds. The predicted octanol–water partition coefficient (Wildman–Crippen LogP) is 1.89. The average Bonchev–Trinajstić information content (AvgIpc) is 1.77. The summed E-state index contributed by atoms with van der Waals surface area (Å²) in [5.74, 6) is 0.180. The van der Waals surface area contributed by atoms with Crippen molar-refractivity contribution in [2.24, 2.45) is 17.1 Å². The minimum Gasteiger partial charge on any atom is -0.370 e. The van der Waals surface area contributed by atoms with Gasteiger partial charge < -0.3 is 10.5 Å². The fourth-order valence-corrected chi connectivity index (χ4v) is 2.11. The summed E-state index contributed by atoms with van der Waals surface area (Å²) in [6, 6.07) is 0. The molecule has 0 heterocycles. The molecule has 0 saturated heterocycles. The van der Waals surface area contributed by atoms with E-state index < -0.39 is 0 Å². The Balaban J connectivity index is 4.07.